The highest BCUT2D eigenvalue weighted by atomic mass is 16.1. The summed E-state index contributed by atoms with van der Waals surface area (Å²) < 4.78 is 1.47. The fraction of sp³-hybridized carbons (Fsp3) is 0.571. The molecule has 0 aliphatic rings. The van der Waals surface area contributed by atoms with Crippen molar-refractivity contribution in [2.24, 2.45) is 12.8 Å². The second kappa shape index (κ2) is 3.96. The smallest absolute Gasteiger partial charge is 0.182 e. The molecule has 0 saturated carbocycles. The van der Waals surface area contributed by atoms with Crippen LogP contribution in [0.25, 0.3) is 0 Å². The molecule has 5 heteroatoms. The van der Waals surface area contributed by atoms with Crippen molar-refractivity contribution in [3.05, 3.63) is 11.9 Å². The Hall–Kier alpha value is -1.23. The summed E-state index contributed by atoms with van der Waals surface area (Å²) >= 11 is 0. The van der Waals surface area contributed by atoms with Crippen LogP contribution in [0.2, 0.25) is 0 Å². The SMILES string of the molecule is Cn1nncc1C(=O)CCCN. The Labute approximate surface area is 70.6 Å². The minimum atomic E-state index is 0.0490. The third kappa shape index (κ3) is 1.88. The maximum absolute atomic E-state index is 11.3. The van der Waals surface area contributed by atoms with E-state index >= 15 is 0 Å². The van der Waals surface area contributed by atoms with E-state index in [1.807, 2.05) is 0 Å². The zero-order chi connectivity index (χ0) is 8.97. The number of nitrogens with two attached hydrogens (primary N) is 1. The summed E-state index contributed by atoms with van der Waals surface area (Å²) in [6, 6.07) is 0. The van der Waals surface area contributed by atoms with E-state index < -0.39 is 0 Å². The highest BCUT2D eigenvalue weighted by Gasteiger charge is 2.09. The summed E-state index contributed by atoms with van der Waals surface area (Å²) in [6.07, 6.45) is 2.65. The lowest BCUT2D eigenvalue weighted by molar-refractivity contribution is 0.0971. The number of Topliss-reactive ketones (excluding diaryl/α,β-unsaturated/α-hetero) is 1. The van der Waals surface area contributed by atoms with Gasteiger partial charge in [-0.15, -0.1) is 5.10 Å². The van der Waals surface area contributed by atoms with Gasteiger partial charge in [0.05, 0.1) is 6.20 Å². The maximum Gasteiger partial charge on any atom is 0.182 e. The van der Waals surface area contributed by atoms with Gasteiger partial charge in [0, 0.05) is 13.5 Å². The molecule has 12 heavy (non-hydrogen) atoms. The molecule has 0 aliphatic carbocycles. The number of ketones is 1. The molecule has 0 unspecified atom stereocenters. The van der Waals surface area contributed by atoms with Crippen LogP contribution in [0.15, 0.2) is 6.20 Å². The second-order valence-electron chi connectivity index (χ2n) is 2.56. The van der Waals surface area contributed by atoms with Crippen molar-refractivity contribution < 1.29 is 4.79 Å². The Morgan fingerprint density at radius 2 is 2.50 bits per heavy atom. The van der Waals surface area contributed by atoms with E-state index in [1.54, 1.807) is 7.05 Å². The first kappa shape index (κ1) is 8.86. The normalized spacial score (nSPS) is 10.2. The maximum atomic E-state index is 11.3. The minimum Gasteiger partial charge on any atom is -0.330 e. The topological polar surface area (TPSA) is 73.8 Å². The molecule has 0 fully saturated rings. The van der Waals surface area contributed by atoms with E-state index in [0.717, 1.165) is 0 Å². The lowest BCUT2D eigenvalue weighted by atomic mass is 10.2. The molecule has 1 aromatic heterocycles. The van der Waals surface area contributed by atoms with E-state index in [1.165, 1.54) is 10.9 Å². The van der Waals surface area contributed by atoms with Crippen LogP contribution < -0.4 is 5.73 Å². The van der Waals surface area contributed by atoms with Crippen molar-refractivity contribution in [2.45, 2.75) is 12.8 Å². The number of carbonyl (C=O) groups is 1. The van der Waals surface area contributed by atoms with Gasteiger partial charge in [0.1, 0.15) is 5.69 Å². The monoisotopic (exact) mass is 168 g/mol. The number of hydrogen-bond acceptors (Lipinski definition) is 4. The van der Waals surface area contributed by atoms with Gasteiger partial charge in [-0.2, -0.15) is 0 Å². The number of carbonyl (C=O) groups excluding carboxylic acids is 1. The highest BCUT2D eigenvalue weighted by Crippen LogP contribution is 2.00. The average molecular weight is 168 g/mol. The molecule has 2 N–H and O–H groups in total. The molecular weight excluding hydrogens is 156 g/mol. The molecule has 0 saturated heterocycles. The summed E-state index contributed by atoms with van der Waals surface area (Å²) in [5, 5.41) is 7.27. The first-order chi connectivity index (χ1) is 5.75. The van der Waals surface area contributed by atoms with Gasteiger partial charge in [-0.25, -0.2) is 4.68 Å². The molecule has 1 rings (SSSR count). The van der Waals surface area contributed by atoms with Crippen LogP contribution in [0.1, 0.15) is 23.3 Å². The van der Waals surface area contributed by atoms with Crippen LogP contribution in [0.3, 0.4) is 0 Å². The molecule has 0 aliphatic heterocycles. The fourth-order valence-corrected chi connectivity index (χ4v) is 0.933. The number of aryl methyl sites for hydroxylation is 1. The van der Waals surface area contributed by atoms with Gasteiger partial charge in [0.25, 0.3) is 0 Å². The van der Waals surface area contributed by atoms with Crippen molar-refractivity contribution in [3.63, 3.8) is 0 Å². The summed E-state index contributed by atoms with van der Waals surface area (Å²) in [7, 11) is 1.70. The van der Waals surface area contributed by atoms with Crippen molar-refractivity contribution >= 4 is 5.78 Å². The molecule has 66 valence electrons. The Balaban J connectivity index is 2.59. The van der Waals surface area contributed by atoms with Crippen molar-refractivity contribution in [1.82, 2.24) is 15.0 Å². The number of rotatable bonds is 4. The third-order valence-electron chi connectivity index (χ3n) is 1.61. The van der Waals surface area contributed by atoms with Gasteiger partial charge < -0.3 is 5.73 Å². The lowest BCUT2D eigenvalue weighted by Crippen LogP contribution is -2.09. The van der Waals surface area contributed by atoms with Crippen molar-refractivity contribution in [1.29, 1.82) is 0 Å². The molecule has 0 atom stereocenters. The Kier molecular flexibility index (Phi) is 2.93. The van der Waals surface area contributed by atoms with Gasteiger partial charge >= 0.3 is 0 Å². The third-order valence-corrected chi connectivity index (χ3v) is 1.61. The molecule has 0 amide bonds. The van der Waals surface area contributed by atoms with Crippen LogP contribution in [0.4, 0.5) is 0 Å². The van der Waals surface area contributed by atoms with Gasteiger partial charge in [-0.05, 0) is 13.0 Å². The van der Waals surface area contributed by atoms with Crippen LogP contribution in [0, 0.1) is 0 Å². The van der Waals surface area contributed by atoms with Crippen LogP contribution >= 0.6 is 0 Å². The Bertz CT molecular complexity index is 268. The number of aromatic nitrogens is 3. The summed E-state index contributed by atoms with van der Waals surface area (Å²) in [6.45, 7) is 0.539. The van der Waals surface area contributed by atoms with E-state index in [4.69, 9.17) is 5.73 Å². The quantitative estimate of drug-likeness (QED) is 0.628. The van der Waals surface area contributed by atoms with Crippen molar-refractivity contribution in [2.75, 3.05) is 6.54 Å². The van der Waals surface area contributed by atoms with Gasteiger partial charge in [0.2, 0.25) is 0 Å². The molecule has 0 spiro atoms. The molecule has 0 bridgehead atoms. The van der Waals surface area contributed by atoms with Crippen LogP contribution in [0.5, 0.6) is 0 Å². The molecule has 0 aromatic carbocycles. The predicted octanol–water partition coefficient (Wildman–Crippen LogP) is -0.263. The first-order valence-corrected chi connectivity index (χ1v) is 3.83. The largest absolute Gasteiger partial charge is 0.330 e. The summed E-state index contributed by atoms with van der Waals surface area (Å²) in [5.41, 5.74) is 5.82. The molecule has 0 radical (unpaired) electrons. The van der Waals surface area contributed by atoms with Crippen LogP contribution in [-0.2, 0) is 7.05 Å². The molecule has 1 heterocycles. The minimum absolute atomic E-state index is 0.0490. The fourth-order valence-electron chi connectivity index (χ4n) is 0.933. The average Bonchev–Trinajstić information content (AvgIpc) is 2.47. The Morgan fingerprint density at radius 3 is 3.00 bits per heavy atom. The van der Waals surface area contributed by atoms with Crippen LogP contribution in [-0.4, -0.2) is 27.3 Å². The van der Waals surface area contributed by atoms with Crippen molar-refractivity contribution in [3.8, 4) is 0 Å². The molecule has 1 aromatic rings. The second-order valence-corrected chi connectivity index (χ2v) is 2.56. The number of nitrogens with zero attached hydrogens (tertiary/aromatic N) is 3. The van der Waals surface area contributed by atoms with E-state index in [-0.39, 0.29) is 5.78 Å². The molecule has 5 nitrogen and oxygen atoms in total. The Morgan fingerprint density at radius 1 is 1.75 bits per heavy atom. The van der Waals surface area contributed by atoms with Gasteiger partial charge in [-0.3, -0.25) is 4.79 Å². The zero-order valence-corrected chi connectivity index (χ0v) is 7.03. The van der Waals surface area contributed by atoms with Gasteiger partial charge in [-0.1, -0.05) is 5.21 Å². The molecular formula is C7H12N4O. The standard InChI is InChI=1S/C7H12N4O/c1-11-6(5-9-10-11)7(12)3-2-4-8/h5H,2-4,8H2,1H3. The van der Waals surface area contributed by atoms with E-state index in [9.17, 15) is 4.79 Å². The van der Waals surface area contributed by atoms with E-state index in [2.05, 4.69) is 10.3 Å². The van der Waals surface area contributed by atoms with E-state index in [0.29, 0.717) is 25.1 Å². The number of hydrogen-bond donors (Lipinski definition) is 1. The lowest BCUT2D eigenvalue weighted by Gasteiger charge is -1.97. The summed E-state index contributed by atoms with van der Waals surface area (Å²) in [4.78, 5) is 11.3. The summed E-state index contributed by atoms with van der Waals surface area (Å²) in [5.74, 6) is 0.0490. The highest BCUT2D eigenvalue weighted by molar-refractivity contribution is 5.94. The zero-order valence-electron chi connectivity index (χ0n) is 7.03. The predicted molar refractivity (Wildman–Crippen MR) is 43.6 cm³/mol. The van der Waals surface area contributed by atoms with Gasteiger partial charge in [0.15, 0.2) is 5.78 Å². The first-order valence-electron chi connectivity index (χ1n) is 3.83.